The van der Waals surface area contributed by atoms with E-state index in [0.717, 1.165) is 5.69 Å². The van der Waals surface area contributed by atoms with Gasteiger partial charge in [-0.3, -0.25) is 9.88 Å². The molecule has 0 spiro atoms. The lowest BCUT2D eigenvalue weighted by Crippen LogP contribution is -2.24. The summed E-state index contributed by atoms with van der Waals surface area (Å²) in [5, 5.41) is 9.44. The van der Waals surface area contributed by atoms with Crippen molar-refractivity contribution in [2.45, 2.75) is 19.9 Å². The molecule has 3 nitrogen and oxygen atoms in total. The van der Waals surface area contributed by atoms with Crippen molar-refractivity contribution in [3.63, 3.8) is 0 Å². The molecule has 1 aromatic rings. The molecule has 1 heterocycles. The first-order valence-electron chi connectivity index (χ1n) is 4.61. The zero-order valence-electron chi connectivity index (χ0n) is 8.74. The molecular weight excluding hydrogens is 202 g/mol. The molecule has 0 radical (unpaired) electrons. The molecule has 0 amide bonds. The third-order valence-electron chi connectivity index (χ3n) is 1.96. The zero-order chi connectivity index (χ0) is 11.4. The van der Waals surface area contributed by atoms with Crippen LogP contribution in [0.1, 0.15) is 11.4 Å². The zero-order valence-corrected chi connectivity index (χ0v) is 8.74. The average Bonchev–Trinajstić information content (AvgIpc) is 2.10. The number of halogens is 2. The maximum atomic E-state index is 12.0. The molecule has 1 N–H and O–H groups in total. The van der Waals surface area contributed by atoms with Gasteiger partial charge in [-0.25, -0.2) is 8.78 Å². The fourth-order valence-electron chi connectivity index (χ4n) is 1.28. The second-order valence-corrected chi connectivity index (χ2v) is 3.51. The monoisotopic (exact) mass is 216 g/mol. The standard InChI is InChI=1S/C10H14F2N2O/c1-7-3-4-9(15)8(13-7)5-14(2)6-10(11)12/h3-4,10,15H,5-6H2,1-2H3. The summed E-state index contributed by atoms with van der Waals surface area (Å²) in [6.07, 6.45) is -2.37. The first kappa shape index (κ1) is 11.8. The number of rotatable bonds is 4. The minimum Gasteiger partial charge on any atom is -0.506 e. The van der Waals surface area contributed by atoms with Crippen LogP contribution in [-0.2, 0) is 6.54 Å². The third kappa shape index (κ3) is 3.79. The summed E-state index contributed by atoms with van der Waals surface area (Å²) in [4.78, 5) is 5.51. The molecule has 0 aromatic carbocycles. The summed E-state index contributed by atoms with van der Waals surface area (Å²) in [5.41, 5.74) is 1.19. The van der Waals surface area contributed by atoms with E-state index < -0.39 is 6.43 Å². The SMILES string of the molecule is Cc1ccc(O)c(CN(C)CC(F)F)n1. The van der Waals surface area contributed by atoms with Gasteiger partial charge in [0.15, 0.2) is 0 Å². The van der Waals surface area contributed by atoms with Gasteiger partial charge in [-0.1, -0.05) is 0 Å². The van der Waals surface area contributed by atoms with E-state index in [2.05, 4.69) is 4.98 Å². The maximum absolute atomic E-state index is 12.0. The summed E-state index contributed by atoms with van der Waals surface area (Å²) in [6, 6.07) is 3.19. The van der Waals surface area contributed by atoms with Crippen LogP contribution < -0.4 is 0 Å². The van der Waals surface area contributed by atoms with Gasteiger partial charge in [0.1, 0.15) is 5.75 Å². The van der Waals surface area contributed by atoms with Gasteiger partial charge in [0, 0.05) is 12.2 Å². The normalized spacial score (nSPS) is 11.3. The van der Waals surface area contributed by atoms with E-state index in [4.69, 9.17) is 0 Å². The number of aromatic hydroxyl groups is 1. The highest BCUT2D eigenvalue weighted by molar-refractivity contribution is 5.27. The topological polar surface area (TPSA) is 36.4 Å². The minimum absolute atomic E-state index is 0.0433. The molecule has 15 heavy (non-hydrogen) atoms. The Morgan fingerprint density at radius 3 is 2.73 bits per heavy atom. The molecule has 0 atom stereocenters. The van der Waals surface area contributed by atoms with Crippen LogP contribution in [0, 0.1) is 6.92 Å². The van der Waals surface area contributed by atoms with Crippen molar-refractivity contribution < 1.29 is 13.9 Å². The molecule has 0 saturated carbocycles. The molecule has 0 fully saturated rings. The molecule has 1 rings (SSSR count). The van der Waals surface area contributed by atoms with Gasteiger partial charge in [-0.2, -0.15) is 0 Å². The molecule has 1 aromatic heterocycles. The summed E-state index contributed by atoms with van der Waals surface area (Å²) in [5.74, 6) is 0.0433. The Hall–Kier alpha value is -1.23. The second kappa shape index (κ2) is 5.02. The van der Waals surface area contributed by atoms with Crippen molar-refractivity contribution in [3.05, 3.63) is 23.5 Å². The Kier molecular flexibility index (Phi) is 3.96. The minimum atomic E-state index is -2.37. The van der Waals surface area contributed by atoms with Crippen LogP contribution in [0.5, 0.6) is 5.75 Å². The fraction of sp³-hybridized carbons (Fsp3) is 0.500. The van der Waals surface area contributed by atoms with Crippen LogP contribution in [0.15, 0.2) is 12.1 Å². The first-order valence-corrected chi connectivity index (χ1v) is 4.61. The van der Waals surface area contributed by atoms with Crippen LogP contribution in [0.25, 0.3) is 0 Å². The van der Waals surface area contributed by atoms with E-state index in [9.17, 15) is 13.9 Å². The highest BCUT2D eigenvalue weighted by Gasteiger charge is 2.11. The van der Waals surface area contributed by atoms with Crippen LogP contribution >= 0.6 is 0 Å². The largest absolute Gasteiger partial charge is 0.506 e. The Bertz CT molecular complexity index is 331. The van der Waals surface area contributed by atoms with Gasteiger partial charge in [0.2, 0.25) is 0 Å². The van der Waals surface area contributed by atoms with Gasteiger partial charge >= 0.3 is 0 Å². The second-order valence-electron chi connectivity index (χ2n) is 3.51. The number of alkyl halides is 2. The Morgan fingerprint density at radius 2 is 2.13 bits per heavy atom. The lowest BCUT2D eigenvalue weighted by Gasteiger charge is -2.16. The van der Waals surface area contributed by atoms with Crippen LogP contribution in [0.4, 0.5) is 8.78 Å². The highest BCUT2D eigenvalue weighted by atomic mass is 19.3. The molecule has 0 aliphatic rings. The molecule has 0 bridgehead atoms. The highest BCUT2D eigenvalue weighted by Crippen LogP contribution is 2.16. The maximum Gasteiger partial charge on any atom is 0.251 e. The van der Waals surface area contributed by atoms with Crippen LogP contribution in [0.3, 0.4) is 0 Å². The molecule has 0 unspecified atom stereocenters. The van der Waals surface area contributed by atoms with E-state index in [0.29, 0.717) is 5.69 Å². The number of aryl methyl sites for hydroxylation is 1. The Balaban J connectivity index is 2.67. The number of hydrogen-bond donors (Lipinski definition) is 1. The van der Waals surface area contributed by atoms with Crippen molar-refractivity contribution in [2.24, 2.45) is 0 Å². The first-order chi connectivity index (χ1) is 6.99. The summed E-state index contributed by atoms with van der Waals surface area (Å²) >= 11 is 0. The molecule has 0 aliphatic carbocycles. The lowest BCUT2D eigenvalue weighted by atomic mass is 10.2. The van der Waals surface area contributed by atoms with Crippen molar-refractivity contribution in [1.82, 2.24) is 9.88 Å². The van der Waals surface area contributed by atoms with Gasteiger partial charge in [0.05, 0.1) is 12.2 Å². The van der Waals surface area contributed by atoms with Crippen LogP contribution in [-0.4, -0.2) is 35.0 Å². The van der Waals surface area contributed by atoms with Gasteiger partial charge < -0.3 is 5.11 Å². The number of hydrogen-bond acceptors (Lipinski definition) is 3. The predicted molar refractivity (Wildman–Crippen MR) is 53.0 cm³/mol. The summed E-state index contributed by atoms with van der Waals surface area (Å²) in [7, 11) is 1.57. The van der Waals surface area contributed by atoms with E-state index >= 15 is 0 Å². The molecule has 5 heteroatoms. The Labute approximate surface area is 87.4 Å². The molecule has 84 valence electrons. The smallest absolute Gasteiger partial charge is 0.251 e. The molecule has 0 saturated heterocycles. The number of nitrogens with zero attached hydrogens (tertiary/aromatic N) is 2. The molecule has 0 aliphatic heterocycles. The Morgan fingerprint density at radius 1 is 1.47 bits per heavy atom. The van der Waals surface area contributed by atoms with Crippen LogP contribution in [0.2, 0.25) is 0 Å². The summed E-state index contributed by atoms with van der Waals surface area (Å²) < 4.78 is 24.1. The summed E-state index contributed by atoms with van der Waals surface area (Å²) in [6.45, 7) is 1.68. The average molecular weight is 216 g/mol. The quantitative estimate of drug-likeness (QED) is 0.833. The third-order valence-corrected chi connectivity index (χ3v) is 1.96. The van der Waals surface area contributed by atoms with E-state index in [1.54, 1.807) is 20.0 Å². The van der Waals surface area contributed by atoms with Gasteiger partial charge in [0.25, 0.3) is 6.43 Å². The number of pyridine rings is 1. The van der Waals surface area contributed by atoms with Crippen molar-refractivity contribution >= 4 is 0 Å². The number of aromatic nitrogens is 1. The molecular formula is C10H14F2N2O. The predicted octanol–water partition coefficient (Wildman–Crippen LogP) is 1.79. The lowest BCUT2D eigenvalue weighted by molar-refractivity contribution is 0.0966. The van der Waals surface area contributed by atoms with E-state index in [-0.39, 0.29) is 18.8 Å². The van der Waals surface area contributed by atoms with Crippen molar-refractivity contribution in [1.29, 1.82) is 0 Å². The van der Waals surface area contributed by atoms with Gasteiger partial charge in [-0.05, 0) is 26.1 Å². The van der Waals surface area contributed by atoms with Crippen molar-refractivity contribution in [3.8, 4) is 5.75 Å². The van der Waals surface area contributed by atoms with Gasteiger partial charge in [-0.15, -0.1) is 0 Å². The van der Waals surface area contributed by atoms with E-state index in [1.807, 2.05) is 0 Å². The fourth-order valence-corrected chi connectivity index (χ4v) is 1.28. The van der Waals surface area contributed by atoms with Crippen molar-refractivity contribution in [2.75, 3.05) is 13.6 Å². The van der Waals surface area contributed by atoms with E-state index in [1.165, 1.54) is 11.0 Å².